The van der Waals surface area contributed by atoms with Gasteiger partial charge < -0.3 is 0 Å². The summed E-state index contributed by atoms with van der Waals surface area (Å²) in [5, 5.41) is 0. The lowest BCUT2D eigenvalue weighted by Crippen LogP contribution is -1.73. The van der Waals surface area contributed by atoms with Crippen LogP contribution in [0.3, 0.4) is 0 Å². The molecule has 0 fully saturated rings. The molecule has 0 bridgehead atoms. The van der Waals surface area contributed by atoms with Gasteiger partial charge in [-0.05, 0) is 6.42 Å². The first-order valence-corrected chi connectivity index (χ1v) is 4.50. The molecule has 0 aromatic carbocycles. The van der Waals surface area contributed by atoms with Crippen LogP contribution in [0.5, 0.6) is 0 Å². The van der Waals surface area contributed by atoms with Crippen molar-refractivity contribution in [2.45, 2.75) is 26.2 Å². The third-order valence-electron chi connectivity index (χ3n) is 1.01. The second kappa shape index (κ2) is 8.09. The van der Waals surface area contributed by atoms with Gasteiger partial charge in [-0.25, -0.2) is 0 Å². The summed E-state index contributed by atoms with van der Waals surface area (Å²) in [6.07, 6.45) is 5.80. The number of hydrogen-bond acceptors (Lipinski definition) is 1. The van der Waals surface area contributed by atoms with Crippen LogP contribution in [0.4, 0.5) is 0 Å². The molecular weight excluding hydrogens is 128 g/mol. The highest BCUT2D eigenvalue weighted by Gasteiger charge is 1.85. The fourth-order valence-corrected chi connectivity index (χ4v) is 1.11. The molecule has 0 aromatic heterocycles. The number of thioether (sulfide) groups is 1. The van der Waals surface area contributed by atoms with Crippen molar-refractivity contribution in [2.75, 3.05) is 5.75 Å². The third-order valence-corrected chi connectivity index (χ3v) is 1.91. The van der Waals surface area contributed by atoms with Gasteiger partial charge in [-0.2, -0.15) is 11.8 Å². The fraction of sp³-hybridized carbons (Fsp3) is 0.625. The van der Waals surface area contributed by atoms with Crippen LogP contribution in [0.2, 0.25) is 0 Å². The van der Waals surface area contributed by atoms with Crippen molar-refractivity contribution in [3.8, 4) is 0 Å². The van der Waals surface area contributed by atoms with Crippen LogP contribution in [0, 0.1) is 5.75 Å². The van der Waals surface area contributed by atoms with Crippen molar-refractivity contribution in [1.82, 2.24) is 0 Å². The maximum atomic E-state index is 3.64. The van der Waals surface area contributed by atoms with E-state index in [2.05, 4.69) is 19.3 Å². The van der Waals surface area contributed by atoms with Crippen molar-refractivity contribution in [3.63, 3.8) is 0 Å². The smallest absolute Gasteiger partial charge is 0.0169 e. The Hall–Kier alpha value is 0.0900. The van der Waals surface area contributed by atoms with Crippen LogP contribution in [0.1, 0.15) is 26.2 Å². The molecule has 0 unspecified atom stereocenters. The van der Waals surface area contributed by atoms with Crippen LogP contribution in [-0.2, 0) is 0 Å². The van der Waals surface area contributed by atoms with Gasteiger partial charge in [0.1, 0.15) is 0 Å². The summed E-state index contributed by atoms with van der Waals surface area (Å²) in [4.78, 5) is 0. The minimum absolute atomic E-state index is 1.06. The van der Waals surface area contributed by atoms with E-state index < -0.39 is 0 Å². The monoisotopic (exact) mass is 143 g/mol. The van der Waals surface area contributed by atoms with E-state index in [0.29, 0.717) is 0 Å². The topological polar surface area (TPSA) is 0 Å². The zero-order chi connectivity index (χ0) is 6.95. The molecule has 0 rings (SSSR count). The highest BCUT2D eigenvalue weighted by atomic mass is 32.2. The molecule has 0 N–H and O–H groups in total. The van der Waals surface area contributed by atoms with Crippen LogP contribution in [0.15, 0.2) is 12.7 Å². The first-order valence-electron chi connectivity index (χ1n) is 3.46. The van der Waals surface area contributed by atoms with Crippen molar-refractivity contribution in [3.05, 3.63) is 18.4 Å². The molecule has 0 aromatic rings. The predicted octanol–water partition coefficient (Wildman–Crippen LogP) is 3.26. The minimum atomic E-state index is 1.06. The molecule has 1 radical (unpaired) electrons. The first-order chi connectivity index (χ1) is 4.41. The van der Waals surface area contributed by atoms with Gasteiger partial charge in [-0.15, -0.1) is 6.58 Å². The normalized spacial score (nSPS) is 9.44. The zero-order valence-electron chi connectivity index (χ0n) is 6.10. The molecule has 0 amide bonds. The molecule has 0 saturated carbocycles. The van der Waals surface area contributed by atoms with E-state index in [1.54, 1.807) is 0 Å². The first kappa shape index (κ1) is 9.09. The molecule has 0 aliphatic heterocycles. The molecule has 0 aliphatic rings. The number of rotatable bonds is 6. The predicted molar refractivity (Wildman–Crippen MR) is 46.5 cm³/mol. The number of unbranched alkanes of at least 4 members (excludes halogenated alkanes) is 2. The SMILES string of the molecule is C=CCS[CH]CCCC. The van der Waals surface area contributed by atoms with E-state index in [0.717, 1.165) is 5.75 Å². The average Bonchev–Trinajstić information content (AvgIpc) is 1.89. The molecule has 0 heterocycles. The van der Waals surface area contributed by atoms with Gasteiger partial charge >= 0.3 is 0 Å². The quantitative estimate of drug-likeness (QED) is 0.406. The Morgan fingerprint density at radius 1 is 1.56 bits per heavy atom. The molecule has 0 saturated heterocycles. The summed E-state index contributed by atoms with van der Waals surface area (Å²) in [5.74, 6) is 3.33. The third kappa shape index (κ3) is 8.09. The Morgan fingerprint density at radius 3 is 2.89 bits per heavy atom. The van der Waals surface area contributed by atoms with Crippen molar-refractivity contribution in [2.24, 2.45) is 0 Å². The van der Waals surface area contributed by atoms with Crippen LogP contribution in [-0.4, -0.2) is 5.75 Å². The maximum Gasteiger partial charge on any atom is 0.0169 e. The van der Waals surface area contributed by atoms with E-state index in [4.69, 9.17) is 0 Å². The van der Waals surface area contributed by atoms with Gasteiger partial charge in [-0.1, -0.05) is 25.8 Å². The maximum absolute atomic E-state index is 3.64. The van der Waals surface area contributed by atoms with E-state index in [1.807, 2.05) is 17.8 Å². The van der Waals surface area contributed by atoms with Crippen LogP contribution in [0.25, 0.3) is 0 Å². The van der Waals surface area contributed by atoms with Crippen molar-refractivity contribution < 1.29 is 0 Å². The summed E-state index contributed by atoms with van der Waals surface area (Å²) < 4.78 is 0. The van der Waals surface area contributed by atoms with E-state index in [9.17, 15) is 0 Å². The Kier molecular flexibility index (Phi) is 8.17. The second-order valence-electron chi connectivity index (χ2n) is 1.93. The zero-order valence-corrected chi connectivity index (χ0v) is 6.91. The molecule has 0 spiro atoms. The largest absolute Gasteiger partial charge is 0.153 e. The fourth-order valence-electron chi connectivity index (χ4n) is 0.507. The van der Waals surface area contributed by atoms with E-state index >= 15 is 0 Å². The molecule has 0 nitrogen and oxygen atoms in total. The molecular formula is C8H15S. The lowest BCUT2D eigenvalue weighted by atomic mass is 10.3. The van der Waals surface area contributed by atoms with Crippen molar-refractivity contribution >= 4 is 11.8 Å². The van der Waals surface area contributed by atoms with Gasteiger partial charge in [0.05, 0.1) is 0 Å². The van der Waals surface area contributed by atoms with Gasteiger partial charge in [0.15, 0.2) is 0 Å². The summed E-state index contributed by atoms with van der Waals surface area (Å²) in [5.41, 5.74) is 0. The molecule has 0 aliphatic carbocycles. The summed E-state index contributed by atoms with van der Waals surface area (Å²) in [6, 6.07) is 0. The standard InChI is InChI=1S/C8H15S/c1-3-5-6-8-9-7-4-2/h4,8H,2-3,5-7H2,1H3. The molecule has 53 valence electrons. The second-order valence-corrected chi connectivity index (χ2v) is 2.93. The lowest BCUT2D eigenvalue weighted by molar-refractivity contribution is 0.806. The molecule has 9 heavy (non-hydrogen) atoms. The summed E-state index contributed by atoms with van der Waals surface area (Å²) >= 11 is 1.85. The average molecular weight is 143 g/mol. The highest BCUT2D eigenvalue weighted by molar-refractivity contribution is 8.01. The van der Waals surface area contributed by atoms with Gasteiger partial charge in [0, 0.05) is 11.5 Å². The van der Waals surface area contributed by atoms with Crippen LogP contribution >= 0.6 is 11.8 Å². The highest BCUT2D eigenvalue weighted by Crippen LogP contribution is 2.10. The van der Waals surface area contributed by atoms with Crippen molar-refractivity contribution in [1.29, 1.82) is 0 Å². The van der Waals surface area contributed by atoms with Gasteiger partial charge in [0.25, 0.3) is 0 Å². The summed E-state index contributed by atoms with van der Waals surface area (Å²) in [7, 11) is 0. The lowest BCUT2D eigenvalue weighted by Gasteiger charge is -1.94. The molecule has 1 heteroatoms. The Balaban J connectivity index is 2.66. The summed E-state index contributed by atoms with van der Waals surface area (Å²) in [6.45, 7) is 5.85. The van der Waals surface area contributed by atoms with Gasteiger partial charge in [0.2, 0.25) is 0 Å². The Labute approximate surface area is 62.7 Å². The van der Waals surface area contributed by atoms with E-state index in [-0.39, 0.29) is 0 Å². The minimum Gasteiger partial charge on any atom is -0.153 e. The Morgan fingerprint density at radius 2 is 2.33 bits per heavy atom. The van der Waals surface area contributed by atoms with Crippen LogP contribution < -0.4 is 0 Å². The number of hydrogen-bond donors (Lipinski definition) is 0. The van der Waals surface area contributed by atoms with Gasteiger partial charge in [-0.3, -0.25) is 0 Å². The Bertz CT molecular complexity index is 59.6. The molecule has 0 atom stereocenters. The van der Waals surface area contributed by atoms with E-state index in [1.165, 1.54) is 19.3 Å².